The van der Waals surface area contributed by atoms with Gasteiger partial charge in [0.25, 0.3) is 0 Å². The Morgan fingerprint density at radius 2 is 1.74 bits per heavy atom. The van der Waals surface area contributed by atoms with Gasteiger partial charge in [0.2, 0.25) is 0 Å². The van der Waals surface area contributed by atoms with Crippen LogP contribution in [0.4, 0.5) is 0 Å². The summed E-state index contributed by atoms with van der Waals surface area (Å²) in [4.78, 5) is 2.60. The van der Waals surface area contributed by atoms with Crippen molar-refractivity contribution in [2.75, 3.05) is 32.7 Å². The molecule has 2 nitrogen and oxygen atoms in total. The van der Waals surface area contributed by atoms with E-state index in [0.717, 1.165) is 19.0 Å². The Balaban J connectivity index is 1.62. The molecule has 19 heavy (non-hydrogen) atoms. The number of rotatable bonds is 7. The molecule has 1 fully saturated rings. The standard InChI is InChI=1S/C17H28N2/c1-15(14-19-10-6-7-11-19)12-18-13-16(2)17-8-4-3-5-9-17/h3-5,8-9,15-16,18H,6-7,10-14H2,1-2H3. The second-order valence-electron chi connectivity index (χ2n) is 6.08. The maximum atomic E-state index is 3.63. The van der Waals surface area contributed by atoms with Crippen LogP contribution in [0, 0.1) is 5.92 Å². The van der Waals surface area contributed by atoms with E-state index in [0.29, 0.717) is 5.92 Å². The first-order chi connectivity index (χ1) is 9.25. The summed E-state index contributed by atoms with van der Waals surface area (Å²) in [5.41, 5.74) is 1.43. The van der Waals surface area contributed by atoms with Gasteiger partial charge in [0.05, 0.1) is 0 Å². The van der Waals surface area contributed by atoms with E-state index in [1.807, 2.05) is 0 Å². The second-order valence-corrected chi connectivity index (χ2v) is 6.08. The monoisotopic (exact) mass is 260 g/mol. The summed E-state index contributed by atoms with van der Waals surface area (Å²) in [5.74, 6) is 1.35. The second kappa shape index (κ2) is 7.66. The number of nitrogens with one attached hydrogen (secondary N) is 1. The van der Waals surface area contributed by atoms with Crippen LogP contribution in [0.15, 0.2) is 30.3 Å². The molecule has 1 saturated heterocycles. The Bertz CT molecular complexity index is 344. The van der Waals surface area contributed by atoms with Crippen molar-refractivity contribution in [3.05, 3.63) is 35.9 Å². The molecular weight excluding hydrogens is 232 g/mol. The summed E-state index contributed by atoms with van der Waals surface area (Å²) in [5, 5.41) is 3.63. The Kier molecular flexibility index (Phi) is 5.87. The summed E-state index contributed by atoms with van der Waals surface area (Å²) in [6, 6.07) is 10.8. The van der Waals surface area contributed by atoms with Crippen molar-refractivity contribution in [3.63, 3.8) is 0 Å². The van der Waals surface area contributed by atoms with Gasteiger partial charge < -0.3 is 10.2 Å². The van der Waals surface area contributed by atoms with Crippen LogP contribution >= 0.6 is 0 Å². The van der Waals surface area contributed by atoms with E-state index in [1.54, 1.807) is 0 Å². The van der Waals surface area contributed by atoms with E-state index < -0.39 is 0 Å². The van der Waals surface area contributed by atoms with Crippen molar-refractivity contribution in [3.8, 4) is 0 Å². The largest absolute Gasteiger partial charge is 0.316 e. The van der Waals surface area contributed by atoms with Crippen LogP contribution in [-0.2, 0) is 0 Å². The molecule has 1 aromatic carbocycles. The van der Waals surface area contributed by atoms with Crippen LogP contribution in [0.2, 0.25) is 0 Å². The van der Waals surface area contributed by atoms with Crippen LogP contribution in [0.1, 0.15) is 38.2 Å². The predicted molar refractivity (Wildman–Crippen MR) is 82.6 cm³/mol. The molecule has 0 spiro atoms. The van der Waals surface area contributed by atoms with E-state index in [4.69, 9.17) is 0 Å². The maximum Gasteiger partial charge on any atom is 0.00191 e. The molecule has 1 heterocycles. The zero-order valence-electron chi connectivity index (χ0n) is 12.4. The first-order valence-electron chi connectivity index (χ1n) is 7.73. The van der Waals surface area contributed by atoms with E-state index >= 15 is 0 Å². The molecule has 1 N–H and O–H groups in total. The summed E-state index contributed by atoms with van der Waals surface area (Å²) in [6.07, 6.45) is 2.79. The van der Waals surface area contributed by atoms with Gasteiger partial charge in [-0.05, 0) is 49.9 Å². The lowest BCUT2D eigenvalue weighted by atomic mass is 10.0. The van der Waals surface area contributed by atoms with Crippen molar-refractivity contribution in [2.45, 2.75) is 32.6 Å². The molecule has 2 heteroatoms. The zero-order chi connectivity index (χ0) is 13.5. The van der Waals surface area contributed by atoms with Gasteiger partial charge >= 0.3 is 0 Å². The molecule has 2 rings (SSSR count). The van der Waals surface area contributed by atoms with Crippen LogP contribution in [0.3, 0.4) is 0 Å². The summed E-state index contributed by atoms with van der Waals surface area (Å²) in [7, 11) is 0. The summed E-state index contributed by atoms with van der Waals surface area (Å²) in [6.45, 7) is 10.7. The molecule has 0 radical (unpaired) electrons. The Morgan fingerprint density at radius 1 is 1.05 bits per heavy atom. The minimum atomic E-state index is 0.597. The van der Waals surface area contributed by atoms with Crippen molar-refractivity contribution in [1.29, 1.82) is 0 Å². The highest BCUT2D eigenvalue weighted by molar-refractivity contribution is 5.18. The van der Waals surface area contributed by atoms with Crippen LogP contribution in [0.5, 0.6) is 0 Å². The lowest BCUT2D eigenvalue weighted by molar-refractivity contribution is 0.282. The number of nitrogens with zero attached hydrogens (tertiary/aromatic N) is 1. The minimum absolute atomic E-state index is 0.597. The van der Waals surface area contributed by atoms with Gasteiger partial charge in [0, 0.05) is 13.1 Å². The number of benzene rings is 1. The summed E-state index contributed by atoms with van der Waals surface area (Å²) >= 11 is 0. The van der Waals surface area contributed by atoms with Crippen molar-refractivity contribution < 1.29 is 0 Å². The van der Waals surface area contributed by atoms with Gasteiger partial charge in [-0.15, -0.1) is 0 Å². The molecule has 1 aliphatic heterocycles. The highest BCUT2D eigenvalue weighted by Crippen LogP contribution is 2.13. The third kappa shape index (κ3) is 4.96. The van der Waals surface area contributed by atoms with Gasteiger partial charge in [-0.2, -0.15) is 0 Å². The Labute approximate surface area is 118 Å². The SMILES string of the molecule is CC(CNCC(C)c1ccccc1)CN1CCCC1. The smallest absolute Gasteiger partial charge is 0.00191 e. The molecule has 0 bridgehead atoms. The maximum absolute atomic E-state index is 3.63. The Morgan fingerprint density at radius 3 is 2.42 bits per heavy atom. The fraction of sp³-hybridized carbons (Fsp3) is 0.647. The highest BCUT2D eigenvalue weighted by Gasteiger charge is 2.14. The molecule has 0 aliphatic carbocycles. The van der Waals surface area contributed by atoms with Gasteiger partial charge in [0.15, 0.2) is 0 Å². The fourth-order valence-corrected chi connectivity index (χ4v) is 2.92. The van der Waals surface area contributed by atoms with E-state index in [9.17, 15) is 0 Å². The number of hydrogen-bond donors (Lipinski definition) is 1. The molecule has 1 aromatic rings. The van der Waals surface area contributed by atoms with Gasteiger partial charge in [-0.25, -0.2) is 0 Å². The van der Waals surface area contributed by atoms with Crippen LogP contribution in [-0.4, -0.2) is 37.6 Å². The van der Waals surface area contributed by atoms with Gasteiger partial charge in [-0.1, -0.05) is 44.2 Å². The van der Waals surface area contributed by atoms with Crippen molar-refractivity contribution in [1.82, 2.24) is 10.2 Å². The van der Waals surface area contributed by atoms with Crippen molar-refractivity contribution in [2.24, 2.45) is 5.92 Å². The van der Waals surface area contributed by atoms with Gasteiger partial charge in [0.1, 0.15) is 0 Å². The zero-order valence-corrected chi connectivity index (χ0v) is 12.4. The van der Waals surface area contributed by atoms with E-state index in [-0.39, 0.29) is 0 Å². The normalized spacial score (nSPS) is 19.5. The predicted octanol–water partition coefficient (Wildman–Crippen LogP) is 3.11. The average molecular weight is 260 g/mol. The highest BCUT2D eigenvalue weighted by atomic mass is 15.1. The molecule has 2 unspecified atom stereocenters. The molecule has 0 aromatic heterocycles. The molecule has 0 amide bonds. The molecular formula is C17H28N2. The topological polar surface area (TPSA) is 15.3 Å². The first-order valence-corrected chi connectivity index (χ1v) is 7.73. The lowest BCUT2D eigenvalue weighted by Crippen LogP contribution is -2.33. The molecule has 1 aliphatic rings. The third-order valence-corrected chi connectivity index (χ3v) is 4.08. The van der Waals surface area contributed by atoms with Crippen LogP contribution in [0.25, 0.3) is 0 Å². The van der Waals surface area contributed by atoms with Crippen LogP contribution < -0.4 is 5.32 Å². The summed E-state index contributed by atoms with van der Waals surface area (Å²) < 4.78 is 0. The number of likely N-dealkylation sites (tertiary alicyclic amines) is 1. The molecule has 2 atom stereocenters. The molecule has 0 saturated carbocycles. The lowest BCUT2D eigenvalue weighted by Gasteiger charge is -2.21. The van der Waals surface area contributed by atoms with E-state index in [1.165, 1.54) is 38.0 Å². The third-order valence-electron chi connectivity index (χ3n) is 4.08. The molecule has 106 valence electrons. The first kappa shape index (κ1) is 14.5. The fourth-order valence-electron chi connectivity index (χ4n) is 2.92. The average Bonchev–Trinajstić information content (AvgIpc) is 2.92. The quantitative estimate of drug-likeness (QED) is 0.810. The van der Waals surface area contributed by atoms with E-state index in [2.05, 4.69) is 54.4 Å². The van der Waals surface area contributed by atoms with Gasteiger partial charge in [-0.3, -0.25) is 0 Å². The van der Waals surface area contributed by atoms with Crippen molar-refractivity contribution >= 4 is 0 Å². The Hall–Kier alpha value is -0.860. The minimum Gasteiger partial charge on any atom is -0.316 e. The number of hydrogen-bond acceptors (Lipinski definition) is 2.